The van der Waals surface area contributed by atoms with Crippen molar-refractivity contribution < 1.29 is 4.79 Å². The molecular formula is C18H23ClN4OS. The summed E-state index contributed by atoms with van der Waals surface area (Å²) in [6.45, 7) is 0. The summed E-state index contributed by atoms with van der Waals surface area (Å²) in [6.07, 6.45) is 7.17. The predicted octanol–water partition coefficient (Wildman–Crippen LogP) is 3.31. The number of nitrogens with two attached hydrogens (primary N) is 1. The highest BCUT2D eigenvalue weighted by molar-refractivity contribution is 7.99. The number of fused-ring (bicyclic) bond motifs is 2. The van der Waals surface area contributed by atoms with Crippen molar-refractivity contribution in [3.63, 3.8) is 0 Å². The third-order valence-corrected chi connectivity index (χ3v) is 6.48. The molecule has 0 aliphatic heterocycles. The molecule has 2 aliphatic carbocycles. The maximum Gasteiger partial charge on any atom is 0.229 e. The van der Waals surface area contributed by atoms with Gasteiger partial charge in [-0.25, -0.2) is 4.98 Å². The van der Waals surface area contributed by atoms with Crippen LogP contribution in [0.1, 0.15) is 19.3 Å². The molecule has 4 rings (SSSR count). The number of rotatable bonds is 4. The second-order valence-corrected chi connectivity index (χ2v) is 7.91. The van der Waals surface area contributed by atoms with Crippen LogP contribution in [0, 0.1) is 17.8 Å². The van der Waals surface area contributed by atoms with E-state index >= 15 is 0 Å². The molecule has 2 fully saturated rings. The van der Waals surface area contributed by atoms with Gasteiger partial charge < -0.3 is 15.6 Å². The SMILES string of the molecule is Cl.Cn1ccnc1Sc1ccc(NC(=O)C2C3CCC(C3)C2N)cc1. The summed E-state index contributed by atoms with van der Waals surface area (Å²) in [4.78, 5) is 18.0. The van der Waals surface area contributed by atoms with E-state index in [4.69, 9.17) is 5.73 Å². The molecule has 134 valence electrons. The molecule has 2 aliphatic rings. The van der Waals surface area contributed by atoms with Crippen LogP contribution >= 0.6 is 24.2 Å². The molecule has 0 spiro atoms. The largest absolute Gasteiger partial charge is 0.329 e. The van der Waals surface area contributed by atoms with Crippen molar-refractivity contribution in [2.24, 2.45) is 30.5 Å². The third kappa shape index (κ3) is 3.57. The monoisotopic (exact) mass is 378 g/mol. The average molecular weight is 379 g/mol. The Labute approximate surface area is 158 Å². The molecule has 4 atom stereocenters. The van der Waals surface area contributed by atoms with Crippen LogP contribution in [-0.4, -0.2) is 21.5 Å². The van der Waals surface area contributed by atoms with E-state index in [1.165, 1.54) is 6.42 Å². The molecule has 0 saturated heterocycles. The van der Waals surface area contributed by atoms with Gasteiger partial charge in [-0.05, 0) is 55.4 Å². The van der Waals surface area contributed by atoms with Crippen molar-refractivity contribution in [3.8, 4) is 0 Å². The molecule has 1 aromatic heterocycles. The topological polar surface area (TPSA) is 72.9 Å². The van der Waals surface area contributed by atoms with E-state index in [1.807, 2.05) is 42.1 Å². The smallest absolute Gasteiger partial charge is 0.229 e. The molecular weight excluding hydrogens is 356 g/mol. The number of amides is 1. The van der Waals surface area contributed by atoms with Gasteiger partial charge >= 0.3 is 0 Å². The number of aryl methyl sites for hydroxylation is 1. The van der Waals surface area contributed by atoms with Gasteiger partial charge in [-0.1, -0.05) is 11.8 Å². The molecule has 1 heterocycles. The van der Waals surface area contributed by atoms with Gasteiger partial charge in [0, 0.05) is 36.1 Å². The van der Waals surface area contributed by atoms with E-state index in [0.29, 0.717) is 11.8 Å². The van der Waals surface area contributed by atoms with E-state index in [9.17, 15) is 4.79 Å². The maximum atomic E-state index is 12.6. The third-order valence-electron chi connectivity index (χ3n) is 5.39. The number of benzene rings is 1. The van der Waals surface area contributed by atoms with Gasteiger partial charge in [0.15, 0.2) is 5.16 Å². The van der Waals surface area contributed by atoms with Crippen LogP contribution < -0.4 is 11.1 Å². The van der Waals surface area contributed by atoms with Gasteiger partial charge in [0.25, 0.3) is 0 Å². The van der Waals surface area contributed by atoms with Crippen molar-refractivity contribution in [1.82, 2.24) is 9.55 Å². The number of aromatic nitrogens is 2. The molecule has 2 bridgehead atoms. The van der Waals surface area contributed by atoms with Crippen LogP contribution in [0.25, 0.3) is 0 Å². The number of hydrogen-bond donors (Lipinski definition) is 2. The number of carbonyl (C=O) groups excluding carboxylic acids is 1. The summed E-state index contributed by atoms with van der Waals surface area (Å²) < 4.78 is 1.98. The molecule has 7 heteroatoms. The van der Waals surface area contributed by atoms with Crippen molar-refractivity contribution in [2.45, 2.75) is 35.4 Å². The van der Waals surface area contributed by atoms with Crippen molar-refractivity contribution in [3.05, 3.63) is 36.7 Å². The Kier molecular flexibility index (Phi) is 5.41. The zero-order valence-corrected chi connectivity index (χ0v) is 15.7. The second-order valence-electron chi connectivity index (χ2n) is 6.87. The van der Waals surface area contributed by atoms with Crippen LogP contribution in [0.4, 0.5) is 5.69 Å². The highest BCUT2D eigenvalue weighted by Gasteiger charge is 2.49. The zero-order chi connectivity index (χ0) is 16.7. The fourth-order valence-electron chi connectivity index (χ4n) is 4.11. The summed E-state index contributed by atoms with van der Waals surface area (Å²) in [7, 11) is 1.97. The Hall–Kier alpha value is -1.50. The summed E-state index contributed by atoms with van der Waals surface area (Å²) in [5.74, 6) is 1.08. The molecule has 3 N–H and O–H groups in total. The first-order valence-corrected chi connectivity index (χ1v) is 9.25. The number of anilines is 1. The normalized spacial score (nSPS) is 27.1. The molecule has 2 saturated carbocycles. The number of nitrogens with zero attached hydrogens (tertiary/aromatic N) is 2. The summed E-state index contributed by atoms with van der Waals surface area (Å²) in [5, 5.41) is 3.99. The second kappa shape index (κ2) is 7.40. The zero-order valence-electron chi connectivity index (χ0n) is 14.1. The van der Waals surface area contributed by atoms with Gasteiger partial charge in [0.05, 0.1) is 5.92 Å². The van der Waals surface area contributed by atoms with Crippen LogP contribution in [0.3, 0.4) is 0 Å². The summed E-state index contributed by atoms with van der Waals surface area (Å²) in [5.41, 5.74) is 7.09. The van der Waals surface area contributed by atoms with Crippen molar-refractivity contribution in [2.75, 3.05) is 5.32 Å². The first kappa shape index (κ1) is 18.3. The van der Waals surface area contributed by atoms with Gasteiger partial charge in [-0.2, -0.15) is 0 Å². The minimum absolute atomic E-state index is 0. The number of imidazole rings is 1. The van der Waals surface area contributed by atoms with Crippen LogP contribution in [0.15, 0.2) is 46.7 Å². The number of halogens is 1. The quantitative estimate of drug-likeness (QED) is 0.856. The number of carbonyl (C=O) groups is 1. The molecule has 1 amide bonds. The van der Waals surface area contributed by atoms with E-state index in [2.05, 4.69) is 10.3 Å². The van der Waals surface area contributed by atoms with E-state index in [0.717, 1.165) is 28.6 Å². The lowest BCUT2D eigenvalue weighted by atomic mass is 9.84. The fourth-order valence-corrected chi connectivity index (χ4v) is 4.91. The minimum Gasteiger partial charge on any atom is -0.329 e. The highest BCUT2D eigenvalue weighted by Crippen LogP contribution is 2.47. The fraction of sp³-hybridized carbons (Fsp3) is 0.444. The first-order chi connectivity index (χ1) is 11.6. The van der Waals surface area contributed by atoms with Gasteiger partial charge in [-0.3, -0.25) is 4.79 Å². The molecule has 2 aromatic rings. The Morgan fingerprint density at radius 1 is 1.28 bits per heavy atom. The predicted molar refractivity (Wildman–Crippen MR) is 102 cm³/mol. The maximum absolute atomic E-state index is 12.6. The van der Waals surface area contributed by atoms with Crippen LogP contribution in [0.5, 0.6) is 0 Å². The standard InChI is InChI=1S/C18H22N4OS.ClH/c1-22-9-8-20-18(22)24-14-6-4-13(5-7-14)21-17(23)15-11-2-3-12(10-11)16(15)19;/h4-9,11-12,15-16H,2-3,10,19H2,1H3,(H,21,23);1H. The molecule has 0 radical (unpaired) electrons. The Bertz CT molecular complexity index is 746. The molecule has 4 unspecified atom stereocenters. The van der Waals surface area contributed by atoms with Gasteiger partial charge in [0.2, 0.25) is 5.91 Å². The van der Waals surface area contributed by atoms with E-state index in [1.54, 1.807) is 18.0 Å². The Balaban J connectivity index is 0.00000182. The average Bonchev–Trinajstić information content (AvgIpc) is 3.26. The number of hydrogen-bond acceptors (Lipinski definition) is 4. The van der Waals surface area contributed by atoms with E-state index in [-0.39, 0.29) is 30.3 Å². The lowest BCUT2D eigenvalue weighted by Crippen LogP contribution is -2.42. The lowest BCUT2D eigenvalue weighted by Gasteiger charge is -2.27. The van der Waals surface area contributed by atoms with E-state index < -0.39 is 0 Å². The lowest BCUT2D eigenvalue weighted by molar-refractivity contribution is -0.121. The van der Waals surface area contributed by atoms with Crippen LogP contribution in [-0.2, 0) is 11.8 Å². The van der Waals surface area contributed by atoms with Crippen molar-refractivity contribution >= 4 is 35.8 Å². The summed E-state index contributed by atoms with van der Waals surface area (Å²) >= 11 is 1.60. The number of nitrogens with one attached hydrogen (secondary N) is 1. The van der Waals surface area contributed by atoms with Gasteiger partial charge in [0.1, 0.15) is 0 Å². The van der Waals surface area contributed by atoms with Gasteiger partial charge in [-0.15, -0.1) is 12.4 Å². The summed E-state index contributed by atoms with van der Waals surface area (Å²) in [6, 6.07) is 7.94. The van der Waals surface area contributed by atoms with Crippen molar-refractivity contribution in [1.29, 1.82) is 0 Å². The molecule has 5 nitrogen and oxygen atoms in total. The Morgan fingerprint density at radius 3 is 2.60 bits per heavy atom. The Morgan fingerprint density at radius 2 is 2.00 bits per heavy atom. The first-order valence-electron chi connectivity index (χ1n) is 8.43. The van der Waals surface area contributed by atoms with Crippen LogP contribution in [0.2, 0.25) is 0 Å². The molecule has 1 aromatic carbocycles. The molecule has 25 heavy (non-hydrogen) atoms. The highest BCUT2D eigenvalue weighted by atomic mass is 35.5. The minimum atomic E-state index is -0.0228.